The molecule has 0 aliphatic carbocycles. The smallest absolute Gasteiger partial charge is 0.259 e. The standard InChI is InChI=1S/C22H30FN3O4/c1-16-15-19(28)20(22(29)26(16)12-14-30-2)21(17-3-5-18(23)6-4-17)25-9-7-24(8-10-25)11-13-27/h3-6,15,21,27-28H,7-14H2,1-2H3/t21-/m1/s1. The van der Waals surface area contributed by atoms with E-state index >= 15 is 0 Å². The Bertz CT molecular complexity index is 892. The summed E-state index contributed by atoms with van der Waals surface area (Å²) in [4.78, 5) is 17.7. The van der Waals surface area contributed by atoms with E-state index in [-0.39, 0.29) is 23.7 Å². The number of aliphatic hydroxyl groups is 1. The third-order valence-electron chi connectivity index (χ3n) is 5.69. The second-order valence-corrected chi connectivity index (χ2v) is 7.59. The third-order valence-corrected chi connectivity index (χ3v) is 5.69. The summed E-state index contributed by atoms with van der Waals surface area (Å²) in [5.41, 5.74) is 1.43. The SMILES string of the molecule is COCCn1c(C)cc(O)c([C@@H](c2ccc(F)cc2)N2CCN(CCO)CC2)c1=O. The fourth-order valence-electron chi connectivity index (χ4n) is 4.08. The fourth-order valence-corrected chi connectivity index (χ4v) is 4.08. The van der Waals surface area contributed by atoms with Crippen LogP contribution in [0.25, 0.3) is 0 Å². The minimum Gasteiger partial charge on any atom is -0.507 e. The van der Waals surface area contributed by atoms with Crippen LogP contribution in [0.5, 0.6) is 5.75 Å². The summed E-state index contributed by atoms with van der Waals surface area (Å²) in [6.07, 6.45) is 0. The first kappa shape index (κ1) is 22.4. The minimum absolute atomic E-state index is 0.0571. The van der Waals surface area contributed by atoms with E-state index in [0.717, 1.165) is 18.7 Å². The molecular formula is C22H30FN3O4. The Labute approximate surface area is 175 Å². The Kier molecular flexibility index (Phi) is 7.60. The van der Waals surface area contributed by atoms with Crippen molar-refractivity contribution in [2.75, 3.05) is 53.0 Å². The molecule has 0 bridgehead atoms. The van der Waals surface area contributed by atoms with Gasteiger partial charge in [0.15, 0.2) is 0 Å². The predicted molar refractivity (Wildman–Crippen MR) is 112 cm³/mol. The van der Waals surface area contributed by atoms with Gasteiger partial charge in [0.1, 0.15) is 11.6 Å². The minimum atomic E-state index is -0.497. The van der Waals surface area contributed by atoms with Crippen LogP contribution in [0.4, 0.5) is 4.39 Å². The number of ether oxygens (including phenoxy) is 1. The van der Waals surface area contributed by atoms with E-state index in [2.05, 4.69) is 9.80 Å². The number of hydrogen-bond acceptors (Lipinski definition) is 6. The summed E-state index contributed by atoms with van der Waals surface area (Å²) in [5, 5.41) is 20.0. The number of pyridine rings is 1. The average molecular weight is 419 g/mol. The van der Waals surface area contributed by atoms with Gasteiger partial charge in [0.25, 0.3) is 5.56 Å². The van der Waals surface area contributed by atoms with Crippen LogP contribution in [0.3, 0.4) is 0 Å². The lowest BCUT2D eigenvalue weighted by Crippen LogP contribution is -2.49. The Morgan fingerprint density at radius 3 is 2.40 bits per heavy atom. The first-order valence-electron chi connectivity index (χ1n) is 10.2. The summed E-state index contributed by atoms with van der Waals surface area (Å²) in [7, 11) is 1.58. The lowest BCUT2D eigenvalue weighted by molar-refractivity contribution is 0.0931. The molecule has 1 saturated heterocycles. The molecule has 30 heavy (non-hydrogen) atoms. The summed E-state index contributed by atoms with van der Waals surface area (Å²) < 4.78 is 20.3. The van der Waals surface area contributed by atoms with E-state index in [1.54, 1.807) is 36.8 Å². The number of hydrogen-bond donors (Lipinski definition) is 2. The highest BCUT2D eigenvalue weighted by Gasteiger charge is 2.31. The van der Waals surface area contributed by atoms with Crippen LogP contribution in [0.1, 0.15) is 22.9 Å². The molecule has 0 spiro atoms. The molecule has 0 unspecified atom stereocenters. The van der Waals surface area contributed by atoms with E-state index in [4.69, 9.17) is 4.74 Å². The van der Waals surface area contributed by atoms with Crippen molar-refractivity contribution in [3.8, 4) is 5.75 Å². The van der Waals surface area contributed by atoms with Crippen LogP contribution in [0, 0.1) is 12.7 Å². The Morgan fingerprint density at radius 1 is 1.13 bits per heavy atom. The molecule has 3 rings (SSSR count). The highest BCUT2D eigenvalue weighted by molar-refractivity contribution is 5.41. The number of piperazine rings is 1. The summed E-state index contributed by atoms with van der Waals surface area (Å²) >= 11 is 0. The zero-order valence-corrected chi connectivity index (χ0v) is 17.6. The van der Waals surface area contributed by atoms with Crippen LogP contribution < -0.4 is 5.56 Å². The molecule has 2 aromatic rings. The number of aliphatic hydroxyl groups excluding tert-OH is 1. The Morgan fingerprint density at radius 2 is 1.80 bits per heavy atom. The first-order chi connectivity index (χ1) is 14.5. The fraction of sp³-hybridized carbons (Fsp3) is 0.500. The highest BCUT2D eigenvalue weighted by Crippen LogP contribution is 2.33. The number of nitrogens with zero attached hydrogens (tertiary/aromatic N) is 3. The number of aryl methyl sites for hydroxylation is 1. The molecule has 2 N–H and O–H groups in total. The quantitative estimate of drug-likeness (QED) is 0.673. The van der Waals surface area contributed by atoms with E-state index < -0.39 is 6.04 Å². The van der Waals surface area contributed by atoms with Gasteiger partial charge in [0.2, 0.25) is 0 Å². The maximum absolute atomic E-state index is 13.6. The van der Waals surface area contributed by atoms with Gasteiger partial charge in [-0.25, -0.2) is 4.39 Å². The van der Waals surface area contributed by atoms with Crippen LogP contribution in [-0.4, -0.2) is 77.6 Å². The average Bonchev–Trinajstić information content (AvgIpc) is 2.73. The Balaban J connectivity index is 2.05. The molecule has 0 radical (unpaired) electrons. The summed E-state index contributed by atoms with van der Waals surface area (Å²) in [5.74, 6) is -0.408. The van der Waals surface area contributed by atoms with Crippen molar-refractivity contribution in [1.29, 1.82) is 0 Å². The topological polar surface area (TPSA) is 78.2 Å². The van der Waals surface area contributed by atoms with Gasteiger partial charge in [-0.2, -0.15) is 0 Å². The lowest BCUT2D eigenvalue weighted by atomic mass is 9.96. The molecule has 8 heteroatoms. The number of β-amino-alcohol motifs (C(OH)–C–C–N with tert-alkyl or cyclic N) is 1. The van der Waals surface area contributed by atoms with Gasteiger partial charge >= 0.3 is 0 Å². The molecule has 0 amide bonds. The normalized spacial score (nSPS) is 16.7. The zero-order chi connectivity index (χ0) is 21.7. The van der Waals surface area contributed by atoms with Crippen molar-refractivity contribution in [3.05, 3.63) is 63.3 Å². The highest BCUT2D eigenvalue weighted by atomic mass is 19.1. The summed E-state index contributed by atoms with van der Waals surface area (Å²) in [6.45, 7) is 6.05. The van der Waals surface area contributed by atoms with E-state index in [9.17, 15) is 19.4 Å². The molecule has 0 saturated carbocycles. The molecule has 2 heterocycles. The van der Waals surface area contributed by atoms with Gasteiger partial charge in [-0.1, -0.05) is 12.1 Å². The molecule has 1 aromatic heterocycles. The van der Waals surface area contributed by atoms with Crippen molar-refractivity contribution in [2.24, 2.45) is 0 Å². The van der Waals surface area contributed by atoms with Crippen molar-refractivity contribution in [2.45, 2.75) is 19.5 Å². The molecule has 1 aliphatic heterocycles. The maximum atomic E-state index is 13.6. The number of halogens is 1. The van der Waals surface area contributed by atoms with Crippen LogP contribution in [0.2, 0.25) is 0 Å². The van der Waals surface area contributed by atoms with Crippen LogP contribution in [0.15, 0.2) is 35.1 Å². The Hall–Kier alpha value is -2.26. The monoisotopic (exact) mass is 419 g/mol. The van der Waals surface area contributed by atoms with Crippen molar-refractivity contribution in [1.82, 2.24) is 14.4 Å². The van der Waals surface area contributed by atoms with Crippen molar-refractivity contribution >= 4 is 0 Å². The van der Waals surface area contributed by atoms with Gasteiger partial charge < -0.3 is 19.5 Å². The second kappa shape index (κ2) is 10.2. The third kappa shape index (κ3) is 4.89. The first-order valence-corrected chi connectivity index (χ1v) is 10.2. The van der Waals surface area contributed by atoms with E-state index in [1.807, 2.05) is 0 Å². The van der Waals surface area contributed by atoms with Gasteiger partial charge in [0.05, 0.1) is 24.8 Å². The predicted octanol–water partition coefficient (Wildman–Crippen LogP) is 1.35. The zero-order valence-electron chi connectivity index (χ0n) is 17.6. The van der Waals surface area contributed by atoms with E-state index in [1.165, 1.54) is 12.1 Å². The molecule has 1 atom stereocenters. The van der Waals surface area contributed by atoms with Gasteiger partial charge in [-0.05, 0) is 30.7 Å². The maximum Gasteiger partial charge on any atom is 0.259 e. The van der Waals surface area contributed by atoms with Gasteiger partial charge in [-0.3, -0.25) is 14.6 Å². The molecule has 1 aromatic carbocycles. The van der Waals surface area contributed by atoms with Crippen LogP contribution >= 0.6 is 0 Å². The second-order valence-electron chi connectivity index (χ2n) is 7.59. The number of aromatic nitrogens is 1. The lowest BCUT2D eigenvalue weighted by Gasteiger charge is -2.39. The molecule has 1 fully saturated rings. The molecule has 7 nitrogen and oxygen atoms in total. The number of rotatable bonds is 8. The van der Waals surface area contributed by atoms with Gasteiger partial charge in [0, 0.05) is 52.1 Å². The molecule has 1 aliphatic rings. The number of benzene rings is 1. The largest absolute Gasteiger partial charge is 0.507 e. The van der Waals surface area contributed by atoms with Crippen molar-refractivity contribution < 1.29 is 19.3 Å². The number of aromatic hydroxyl groups is 1. The molecular weight excluding hydrogens is 389 g/mol. The van der Waals surface area contributed by atoms with E-state index in [0.29, 0.717) is 44.0 Å². The summed E-state index contributed by atoms with van der Waals surface area (Å²) in [6, 6.07) is 7.18. The van der Waals surface area contributed by atoms with Gasteiger partial charge in [-0.15, -0.1) is 0 Å². The molecule has 164 valence electrons. The number of methoxy groups -OCH3 is 1. The van der Waals surface area contributed by atoms with Crippen LogP contribution in [-0.2, 0) is 11.3 Å². The van der Waals surface area contributed by atoms with Crippen molar-refractivity contribution in [3.63, 3.8) is 0 Å².